The molecule has 2 aromatic rings. The van der Waals surface area contributed by atoms with Crippen molar-refractivity contribution in [3.8, 4) is 0 Å². The van der Waals surface area contributed by atoms with E-state index in [4.69, 9.17) is 28.6 Å². The van der Waals surface area contributed by atoms with E-state index in [1.807, 2.05) is 18.2 Å². The van der Waals surface area contributed by atoms with Gasteiger partial charge in [0.05, 0.1) is 18.1 Å². The fraction of sp³-hybridized carbons (Fsp3) is 0.381. The van der Waals surface area contributed by atoms with E-state index in [1.165, 1.54) is 4.31 Å². The van der Waals surface area contributed by atoms with Gasteiger partial charge in [0.15, 0.2) is 5.11 Å². The zero-order valence-corrected chi connectivity index (χ0v) is 19.4. The number of halogens is 1. The van der Waals surface area contributed by atoms with Crippen LogP contribution in [0.2, 0.25) is 5.02 Å². The largest absolute Gasteiger partial charge is 0.379 e. The van der Waals surface area contributed by atoms with Crippen molar-refractivity contribution in [3.05, 3.63) is 53.6 Å². The number of rotatable bonds is 4. The van der Waals surface area contributed by atoms with Gasteiger partial charge in [-0.2, -0.15) is 4.31 Å². The number of thiocarbonyl (C=S) groups is 1. The summed E-state index contributed by atoms with van der Waals surface area (Å²) in [4.78, 5) is 4.69. The zero-order chi connectivity index (χ0) is 21.8. The first kappa shape index (κ1) is 22.3. The lowest BCUT2D eigenvalue weighted by molar-refractivity contribution is 0.0730. The van der Waals surface area contributed by atoms with Crippen molar-refractivity contribution >= 4 is 50.3 Å². The molecule has 166 valence electrons. The highest BCUT2D eigenvalue weighted by molar-refractivity contribution is 7.89. The van der Waals surface area contributed by atoms with E-state index in [2.05, 4.69) is 21.2 Å². The van der Waals surface area contributed by atoms with Gasteiger partial charge >= 0.3 is 0 Å². The van der Waals surface area contributed by atoms with Crippen LogP contribution in [0.15, 0.2) is 53.4 Å². The summed E-state index contributed by atoms with van der Waals surface area (Å²) in [7, 11) is -3.50. The summed E-state index contributed by atoms with van der Waals surface area (Å²) < 4.78 is 32.2. The number of hydrogen-bond acceptors (Lipinski definition) is 5. The lowest BCUT2D eigenvalue weighted by Gasteiger charge is -2.37. The topological polar surface area (TPSA) is 65.1 Å². The molecule has 0 amide bonds. The van der Waals surface area contributed by atoms with Crippen molar-refractivity contribution in [1.29, 1.82) is 0 Å². The number of piperazine rings is 1. The number of morpholine rings is 1. The Morgan fingerprint density at radius 1 is 0.968 bits per heavy atom. The van der Waals surface area contributed by atoms with Gasteiger partial charge in [-0.3, -0.25) is 0 Å². The predicted octanol–water partition coefficient (Wildman–Crippen LogP) is 2.88. The fourth-order valence-corrected chi connectivity index (χ4v) is 5.58. The number of sulfonamides is 1. The van der Waals surface area contributed by atoms with E-state index in [0.717, 1.165) is 42.6 Å². The molecule has 7 nitrogen and oxygen atoms in total. The quantitative estimate of drug-likeness (QED) is 0.675. The number of benzene rings is 2. The molecule has 2 aliphatic heterocycles. The van der Waals surface area contributed by atoms with Crippen LogP contribution in [0.4, 0.5) is 11.4 Å². The van der Waals surface area contributed by atoms with Gasteiger partial charge in [0.1, 0.15) is 0 Å². The first-order valence-electron chi connectivity index (χ1n) is 10.2. The van der Waals surface area contributed by atoms with E-state index < -0.39 is 10.0 Å². The summed E-state index contributed by atoms with van der Waals surface area (Å²) in [6.45, 7) is 4.90. The molecular formula is C21H25ClN4O3S2. The number of ether oxygens (including phenoxy) is 1. The van der Waals surface area contributed by atoms with E-state index in [0.29, 0.717) is 31.4 Å². The van der Waals surface area contributed by atoms with Gasteiger partial charge in [0.25, 0.3) is 0 Å². The number of nitrogens with one attached hydrogen (secondary N) is 1. The maximum Gasteiger partial charge on any atom is 0.243 e. The molecule has 10 heteroatoms. The molecule has 2 saturated heterocycles. The summed E-state index contributed by atoms with van der Waals surface area (Å²) in [6, 6.07) is 14.6. The van der Waals surface area contributed by atoms with Gasteiger partial charge in [-0.25, -0.2) is 8.42 Å². The molecule has 2 fully saturated rings. The molecule has 2 heterocycles. The van der Waals surface area contributed by atoms with Crippen LogP contribution in [0.1, 0.15) is 0 Å². The molecule has 4 rings (SSSR count). The molecule has 0 radical (unpaired) electrons. The second kappa shape index (κ2) is 9.70. The summed E-state index contributed by atoms with van der Waals surface area (Å²) >= 11 is 11.7. The molecule has 0 aliphatic carbocycles. The molecule has 0 spiro atoms. The van der Waals surface area contributed by atoms with Crippen LogP contribution in [-0.4, -0.2) is 75.2 Å². The van der Waals surface area contributed by atoms with Crippen LogP contribution in [0.3, 0.4) is 0 Å². The Kier molecular flexibility index (Phi) is 6.98. The average molecular weight is 481 g/mol. The number of hydrogen-bond donors (Lipinski definition) is 1. The van der Waals surface area contributed by atoms with Crippen LogP contribution in [-0.2, 0) is 14.8 Å². The van der Waals surface area contributed by atoms with Crippen molar-refractivity contribution in [3.63, 3.8) is 0 Å². The third-order valence-electron chi connectivity index (χ3n) is 5.45. The zero-order valence-electron chi connectivity index (χ0n) is 17.0. The van der Waals surface area contributed by atoms with Crippen molar-refractivity contribution in [1.82, 2.24) is 9.21 Å². The van der Waals surface area contributed by atoms with Crippen molar-refractivity contribution in [2.45, 2.75) is 4.90 Å². The van der Waals surface area contributed by atoms with Gasteiger partial charge < -0.3 is 19.9 Å². The molecule has 0 unspecified atom stereocenters. The fourth-order valence-electron chi connectivity index (χ4n) is 3.69. The van der Waals surface area contributed by atoms with E-state index in [-0.39, 0.29) is 4.90 Å². The molecule has 0 aromatic heterocycles. The summed E-state index contributed by atoms with van der Waals surface area (Å²) in [5.41, 5.74) is 1.88. The van der Waals surface area contributed by atoms with E-state index >= 15 is 0 Å². The smallest absolute Gasteiger partial charge is 0.243 e. The predicted molar refractivity (Wildman–Crippen MR) is 127 cm³/mol. The van der Waals surface area contributed by atoms with Crippen LogP contribution >= 0.6 is 23.8 Å². The second-order valence-electron chi connectivity index (χ2n) is 7.42. The standard InChI is InChI=1S/C21H25ClN4O3S2/c22-17-2-1-3-19(16-17)24-8-10-25(11-9-24)21(30)23-18-4-6-20(7-5-18)31(27,28)26-12-14-29-15-13-26/h1-7,16H,8-15H2,(H,23,30). The van der Waals surface area contributed by atoms with Gasteiger partial charge in [-0.05, 0) is 54.7 Å². The first-order chi connectivity index (χ1) is 14.9. The summed E-state index contributed by atoms with van der Waals surface area (Å²) in [5.74, 6) is 0. The molecule has 0 saturated carbocycles. The Balaban J connectivity index is 1.33. The normalized spacial score (nSPS) is 18.1. The minimum absolute atomic E-state index is 0.279. The lowest BCUT2D eigenvalue weighted by Crippen LogP contribution is -2.50. The monoisotopic (exact) mass is 480 g/mol. The van der Waals surface area contributed by atoms with Gasteiger partial charge in [-0.15, -0.1) is 0 Å². The average Bonchev–Trinajstić information content (AvgIpc) is 2.80. The molecule has 31 heavy (non-hydrogen) atoms. The Labute approximate surface area is 193 Å². The SMILES string of the molecule is O=S(=O)(c1ccc(NC(=S)N2CCN(c3cccc(Cl)c3)CC2)cc1)N1CCOCC1. The Morgan fingerprint density at radius 2 is 1.65 bits per heavy atom. The Morgan fingerprint density at radius 3 is 2.29 bits per heavy atom. The molecular weight excluding hydrogens is 456 g/mol. The highest BCUT2D eigenvalue weighted by Gasteiger charge is 2.26. The minimum Gasteiger partial charge on any atom is -0.379 e. The minimum atomic E-state index is -3.50. The third-order valence-corrected chi connectivity index (χ3v) is 7.96. The van der Waals surface area contributed by atoms with Crippen molar-refractivity contribution in [2.24, 2.45) is 0 Å². The third kappa shape index (κ3) is 5.30. The lowest BCUT2D eigenvalue weighted by atomic mass is 10.2. The maximum absolute atomic E-state index is 12.7. The van der Waals surface area contributed by atoms with Crippen LogP contribution < -0.4 is 10.2 Å². The molecule has 2 aromatic carbocycles. The second-order valence-corrected chi connectivity index (χ2v) is 10.2. The van der Waals surface area contributed by atoms with Crippen LogP contribution in [0.25, 0.3) is 0 Å². The number of anilines is 2. The highest BCUT2D eigenvalue weighted by Crippen LogP contribution is 2.22. The molecule has 2 aliphatic rings. The summed E-state index contributed by atoms with van der Waals surface area (Å²) in [6.07, 6.45) is 0. The molecule has 0 bridgehead atoms. The van der Waals surface area contributed by atoms with Crippen LogP contribution in [0.5, 0.6) is 0 Å². The summed E-state index contributed by atoms with van der Waals surface area (Å²) in [5, 5.41) is 4.59. The maximum atomic E-state index is 12.7. The van der Waals surface area contributed by atoms with Crippen molar-refractivity contribution in [2.75, 3.05) is 62.7 Å². The highest BCUT2D eigenvalue weighted by atomic mass is 35.5. The van der Waals surface area contributed by atoms with E-state index in [1.54, 1.807) is 24.3 Å². The van der Waals surface area contributed by atoms with E-state index in [9.17, 15) is 8.42 Å². The molecule has 0 atom stereocenters. The number of nitrogens with zero attached hydrogens (tertiary/aromatic N) is 3. The van der Waals surface area contributed by atoms with Gasteiger partial charge in [0.2, 0.25) is 10.0 Å². The Hall–Kier alpha value is -1.91. The van der Waals surface area contributed by atoms with Crippen molar-refractivity contribution < 1.29 is 13.2 Å². The van der Waals surface area contributed by atoms with Gasteiger partial charge in [-0.1, -0.05) is 17.7 Å². The van der Waals surface area contributed by atoms with Crippen LogP contribution in [0, 0.1) is 0 Å². The molecule has 1 N–H and O–H groups in total. The Bertz CT molecular complexity index is 1020. The first-order valence-corrected chi connectivity index (χ1v) is 12.4. The van der Waals surface area contributed by atoms with Gasteiger partial charge in [0, 0.05) is 55.7 Å².